The number of carbonyl (C=O) groups is 1. The Labute approximate surface area is 268 Å². The number of aromatic hydroxyl groups is 1. The number of likely N-dealkylation sites (tertiary alicyclic amines) is 1. The van der Waals surface area contributed by atoms with Gasteiger partial charge in [0.05, 0.1) is 18.2 Å². The molecule has 0 radical (unpaired) electrons. The monoisotopic (exact) mass is 629 g/mol. The maximum absolute atomic E-state index is 13.5. The first-order chi connectivity index (χ1) is 22.3. The molecule has 0 spiro atoms. The number of phenolic OH excluding ortho intramolecular Hbond substituents is 1. The lowest BCUT2D eigenvalue weighted by Gasteiger charge is -2.33. The largest absolute Gasteiger partial charge is 0.506 e. The van der Waals surface area contributed by atoms with Gasteiger partial charge in [0.25, 0.3) is 0 Å². The van der Waals surface area contributed by atoms with Gasteiger partial charge in [0, 0.05) is 36.7 Å². The van der Waals surface area contributed by atoms with Crippen LogP contribution in [0.3, 0.4) is 0 Å². The fourth-order valence-corrected chi connectivity index (χ4v) is 5.85. The first-order valence-electron chi connectivity index (χ1n) is 15.9. The van der Waals surface area contributed by atoms with Crippen LogP contribution >= 0.6 is 0 Å². The Morgan fingerprint density at radius 1 is 1.00 bits per heavy atom. The Hall–Kier alpha value is -4.22. The van der Waals surface area contributed by atoms with Crippen LogP contribution in [0.2, 0.25) is 0 Å². The van der Waals surface area contributed by atoms with Crippen LogP contribution in [0.4, 0.5) is 0 Å². The van der Waals surface area contributed by atoms with Crippen LogP contribution in [0.5, 0.6) is 11.5 Å². The average Bonchev–Trinajstić information content (AvgIpc) is 3.07. The minimum atomic E-state index is -1.97. The molecule has 1 aliphatic rings. The molecule has 0 bridgehead atoms. The number of pyridine rings is 1. The molecular formula is C36H43N3O7. The van der Waals surface area contributed by atoms with E-state index in [0.717, 1.165) is 45.2 Å². The molecule has 5 N–H and O–H groups in total. The van der Waals surface area contributed by atoms with Crippen molar-refractivity contribution in [2.24, 2.45) is 0 Å². The van der Waals surface area contributed by atoms with Crippen LogP contribution < -0.4 is 15.6 Å². The number of fused-ring (bicyclic) bond motifs is 1. The lowest BCUT2D eigenvalue weighted by molar-refractivity contribution is -0.169. The molecule has 0 saturated carbocycles. The fraction of sp³-hybridized carbons (Fsp3) is 0.389. The summed E-state index contributed by atoms with van der Waals surface area (Å²) >= 11 is 0. The number of hydrogen-bond acceptors (Lipinski definition) is 9. The molecule has 46 heavy (non-hydrogen) atoms. The number of ether oxygens (including phenoxy) is 2. The number of aromatic nitrogens is 1. The lowest BCUT2D eigenvalue weighted by Crippen LogP contribution is -2.43. The van der Waals surface area contributed by atoms with Gasteiger partial charge in [0.2, 0.25) is 11.2 Å². The van der Waals surface area contributed by atoms with Gasteiger partial charge in [-0.3, -0.25) is 4.79 Å². The number of piperidine rings is 1. The van der Waals surface area contributed by atoms with Gasteiger partial charge in [-0.1, -0.05) is 48.5 Å². The van der Waals surface area contributed by atoms with Gasteiger partial charge in [-0.25, -0.2) is 4.79 Å². The van der Waals surface area contributed by atoms with Crippen LogP contribution in [0.15, 0.2) is 83.7 Å². The van der Waals surface area contributed by atoms with Crippen molar-refractivity contribution in [1.82, 2.24) is 15.2 Å². The standard InChI is InChI=1S/C36H43N3O7/c1-39-20-17-27(18-21-39)46-35(43)36(44,25-9-4-2-5-10-25)26-11-8-12-28(23-26)45-22-7-3-6-19-37-24-32(41)29-13-15-31(40)34-30(29)14-16-33(42)38-34/h2,4-5,8-16,23,27,32,37,40-41,44H,3,6-7,17-22,24H2,1H3,(H,38,42)/t32-,36+/m0/s1. The van der Waals surface area contributed by atoms with Crippen molar-refractivity contribution < 1.29 is 29.6 Å². The molecular weight excluding hydrogens is 586 g/mol. The van der Waals surface area contributed by atoms with E-state index in [1.54, 1.807) is 54.6 Å². The Balaban J connectivity index is 1.10. The molecule has 1 fully saturated rings. The number of aliphatic hydroxyl groups is 2. The summed E-state index contributed by atoms with van der Waals surface area (Å²) in [5.41, 5.74) is -0.514. The molecule has 244 valence electrons. The number of unbranched alkanes of at least 4 members (excludes halogenated alkanes) is 2. The van der Waals surface area contributed by atoms with E-state index in [1.807, 2.05) is 19.2 Å². The number of carbonyl (C=O) groups excluding carboxylic acids is 1. The summed E-state index contributed by atoms with van der Waals surface area (Å²) in [6, 6.07) is 22.0. The van der Waals surface area contributed by atoms with Gasteiger partial charge in [-0.2, -0.15) is 0 Å². The highest BCUT2D eigenvalue weighted by Crippen LogP contribution is 2.34. The molecule has 4 aromatic rings. The highest BCUT2D eigenvalue weighted by Gasteiger charge is 2.43. The van der Waals surface area contributed by atoms with E-state index in [1.165, 1.54) is 12.1 Å². The Bertz CT molecular complexity index is 1650. The van der Waals surface area contributed by atoms with Crippen molar-refractivity contribution in [3.63, 3.8) is 0 Å². The van der Waals surface area contributed by atoms with Crippen LogP contribution in [0.1, 0.15) is 54.9 Å². The van der Waals surface area contributed by atoms with Gasteiger partial charge in [-0.05, 0) is 81.1 Å². The average molecular weight is 630 g/mol. The third-order valence-corrected chi connectivity index (χ3v) is 8.55. The van der Waals surface area contributed by atoms with Crippen molar-refractivity contribution in [2.45, 2.75) is 49.9 Å². The number of nitrogens with zero attached hydrogens (tertiary/aromatic N) is 1. The molecule has 10 nitrogen and oxygen atoms in total. The number of aliphatic hydroxyl groups excluding tert-OH is 1. The van der Waals surface area contributed by atoms with E-state index in [9.17, 15) is 24.9 Å². The summed E-state index contributed by atoms with van der Waals surface area (Å²) in [5.74, 6) is -0.165. The Morgan fingerprint density at radius 3 is 2.54 bits per heavy atom. The van der Waals surface area contributed by atoms with Gasteiger partial charge < -0.3 is 40.0 Å². The smallest absolute Gasteiger partial charge is 0.347 e. The maximum Gasteiger partial charge on any atom is 0.347 e. The number of esters is 1. The number of rotatable bonds is 14. The normalized spacial score (nSPS) is 16.2. The van der Waals surface area contributed by atoms with Gasteiger partial charge in [0.15, 0.2) is 0 Å². The summed E-state index contributed by atoms with van der Waals surface area (Å²) in [4.78, 5) is 30.0. The molecule has 0 aliphatic carbocycles. The number of benzene rings is 3. The zero-order valence-electron chi connectivity index (χ0n) is 26.2. The summed E-state index contributed by atoms with van der Waals surface area (Å²) in [6.07, 6.45) is 2.97. The highest BCUT2D eigenvalue weighted by atomic mass is 16.6. The predicted octanol–water partition coefficient (Wildman–Crippen LogP) is 3.98. The lowest BCUT2D eigenvalue weighted by atomic mass is 9.86. The van der Waals surface area contributed by atoms with E-state index >= 15 is 0 Å². The minimum Gasteiger partial charge on any atom is -0.506 e. The molecule has 3 aromatic carbocycles. The number of aromatic amines is 1. The van der Waals surface area contributed by atoms with Crippen molar-refractivity contribution >= 4 is 16.9 Å². The molecule has 0 amide bonds. The zero-order chi connectivity index (χ0) is 32.5. The van der Waals surface area contributed by atoms with E-state index in [-0.39, 0.29) is 17.4 Å². The van der Waals surface area contributed by atoms with E-state index in [0.29, 0.717) is 53.0 Å². The van der Waals surface area contributed by atoms with Gasteiger partial charge >= 0.3 is 5.97 Å². The van der Waals surface area contributed by atoms with E-state index in [2.05, 4.69) is 15.2 Å². The van der Waals surface area contributed by atoms with E-state index < -0.39 is 17.7 Å². The van der Waals surface area contributed by atoms with Crippen LogP contribution in [0, 0.1) is 0 Å². The molecule has 1 aromatic heterocycles. The summed E-state index contributed by atoms with van der Waals surface area (Å²) in [6.45, 7) is 3.16. The molecule has 1 aliphatic heterocycles. The molecule has 10 heteroatoms. The summed E-state index contributed by atoms with van der Waals surface area (Å²) < 4.78 is 11.9. The van der Waals surface area contributed by atoms with E-state index in [4.69, 9.17) is 9.47 Å². The Morgan fingerprint density at radius 2 is 1.76 bits per heavy atom. The third kappa shape index (κ3) is 7.94. The molecule has 5 rings (SSSR count). The molecule has 2 atom stereocenters. The third-order valence-electron chi connectivity index (χ3n) is 8.55. The van der Waals surface area contributed by atoms with Gasteiger partial charge in [-0.15, -0.1) is 0 Å². The van der Waals surface area contributed by atoms with Crippen LogP contribution in [0.25, 0.3) is 10.9 Å². The number of nitrogens with one attached hydrogen (secondary N) is 2. The summed E-state index contributed by atoms with van der Waals surface area (Å²) in [7, 11) is 2.04. The van der Waals surface area contributed by atoms with Crippen molar-refractivity contribution in [1.29, 1.82) is 0 Å². The predicted molar refractivity (Wildman–Crippen MR) is 176 cm³/mol. The Kier molecular flexibility index (Phi) is 11.1. The molecule has 0 unspecified atom stereocenters. The quantitative estimate of drug-likeness (QED) is 0.103. The number of phenols is 1. The summed E-state index contributed by atoms with van der Waals surface area (Å²) in [5, 5.41) is 36.6. The van der Waals surface area contributed by atoms with Crippen molar-refractivity contribution in [2.75, 3.05) is 39.8 Å². The second-order valence-corrected chi connectivity index (χ2v) is 11.9. The SMILES string of the molecule is CN1CCC(OC(=O)[C@@](O)(c2ccccc2)c2cccc(OCCCCCNC[C@H](O)c3ccc(O)c4[nH]c(=O)ccc34)c2)CC1. The molecule has 2 heterocycles. The topological polar surface area (TPSA) is 144 Å². The van der Waals surface area contributed by atoms with Gasteiger partial charge in [0.1, 0.15) is 17.6 Å². The maximum atomic E-state index is 13.5. The zero-order valence-corrected chi connectivity index (χ0v) is 26.2. The second-order valence-electron chi connectivity index (χ2n) is 11.9. The second kappa shape index (κ2) is 15.4. The highest BCUT2D eigenvalue weighted by molar-refractivity contribution is 5.87. The van der Waals surface area contributed by atoms with Crippen LogP contribution in [-0.4, -0.2) is 77.1 Å². The first kappa shape index (κ1) is 33.2. The number of hydrogen-bond donors (Lipinski definition) is 5. The molecule has 1 saturated heterocycles. The van der Waals surface area contributed by atoms with Crippen LogP contribution in [-0.2, 0) is 15.1 Å². The van der Waals surface area contributed by atoms with Crippen molar-refractivity contribution in [3.8, 4) is 11.5 Å². The number of H-pyrrole nitrogens is 1. The van der Waals surface area contributed by atoms with Crippen molar-refractivity contribution in [3.05, 3.63) is 106 Å². The fourth-order valence-electron chi connectivity index (χ4n) is 5.85. The first-order valence-corrected chi connectivity index (χ1v) is 15.9. The minimum absolute atomic E-state index is 0.0389.